The molecule has 0 unspecified atom stereocenters. The Labute approximate surface area is 120 Å². The fraction of sp³-hybridized carbons (Fsp3) is 0.286. The van der Waals surface area contributed by atoms with Gasteiger partial charge in [-0.05, 0) is 45.6 Å². The molecule has 0 fully saturated rings. The highest BCUT2D eigenvalue weighted by atomic mass is 79.9. The van der Waals surface area contributed by atoms with Gasteiger partial charge in [0.15, 0.2) is 0 Å². The van der Waals surface area contributed by atoms with E-state index in [9.17, 15) is 0 Å². The van der Waals surface area contributed by atoms with Crippen LogP contribution in [0, 0.1) is 0 Å². The summed E-state index contributed by atoms with van der Waals surface area (Å²) < 4.78 is 1.20. The van der Waals surface area contributed by atoms with Crippen LogP contribution in [0.5, 0.6) is 0 Å². The lowest BCUT2D eigenvalue weighted by atomic mass is 10.1. The highest BCUT2D eigenvalue weighted by molar-refractivity contribution is 9.11. The largest absolute Gasteiger partial charge is 0.326 e. The Bertz CT molecular complexity index is 479. The summed E-state index contributed by atoms with van der Waals surface area (Å²) in [6.07, 6.45) is 1.08. The molecule has 1 aromatic carbocycles. The van der Waals surface area contributed by atoms with Crippen LogP contribution in [0.3, 0.4) is 0 Å². The van der Waals surface area contributed by atoms with E-state index >= 15 is 0 Å². The molecule has 2 rings (SSSR count). The molecule has 1 aromatic heterocycles. The molecule has 0 saturated carbocycles. The van der Waals surface area contributed by atoms with Crippen LogP contribution in [0.25, 0.3) is 0 Å². The standard InChI is InChI=1S/C14H17BrN2S/c15-14-6-5-13(18-14)7-8-17-10-12-3-1-11(9-16)2-4-12/h1-6,17H,7-10,16H2. The normalized spacial score (nSPS) is 10.8. The Balaban J connectivity index is 1.71. The van der Waals surface area contributed by atoms with Gasteiger partial charge in [-0.1, -0.05) is 24.3 Å². The summed E-state index contributed by atoms with van der Waals surface area (Å²) in [5, 5.41) is 3.46. The number of rotatable bonds is 6. The summed E-state index contributed by atoms with van der Waals surface area (Å²) >= 11 is 5.28. The molecular formula is C14H17BrN2S. The summed E-state index contributed by atoms with van der Waals surface area (Å²) in [5.74, 6) is 0. The van der Waals surface area contributed by atoms with E-state index in [4.69, 9.17) is 5.73 Å². The van der Waals surface area contributed by atoms with Crippen molar-refractivity contribution in [3.8, 4) is 0 Å². The van der Waals surface area contributed by atoms with Gasteiger partial charge in [0.2, 0.25) is 0 Å². The van der Waals surface area contributed by atoms with Gasteiger partial charge in [-0.3, -0.25) is 0 Å². The predicted molar refractivity (Wildman–Crippen MR) is 81.8 cm³/mol. The van der Waals surface area contributed by atoms with Crippen LogP contribution in [-0.2, 0) is 19.5 Å². The number of benzene rings is 1. The Kier molecular flexibility index (Phi) is 5.38. The van der Waals surface area contributed by atoms with Gasteiger partial charge in [0, 0.05) is 24.5 Å². The number of nitrogens with two attached hydrogens (primary N) is 1. The zero-order valence-corrected chi connectivity index (χ0v) is 12.6. The first-order valence-electron chi connectivity index (χ1n) is 6.01. The van der Waals surface area contributed by atoms with Crippen LogP contribution < -0.4 is 11.1 Å². The third-order valence-corrected chi connectivity index (χ3v) is 4.45. The maximum atomic E-state index is 5.57. The van der Waals surface area contributed by atoms with Crippen LogP contribution in [0.1, 0.15) is 16.0 Å². The quantitative estimate of drug-likeness (QED) is 0.800. The number of thiophene rings is 1. The van der Waals surface area contributed by atoms with E-state index in [1.165, 1.54) is 19.8 Å². The van der Waals surface area contributed by atoms with E-state index in [0.29, 0.717) is 6.54 Å². The van der Waals surface area contributed by atoms with Gasteiger partial charge in [0.25, 0.3) is 0 Å². The summed E-state index contributed by atoms with van der Waals surface area (Å²) in [5.41, 5.74) is 8.06. The lowest BCUT2D eigenvalue weighted by Gasteiger charge is -2.05. The monoisotopic (exact) mass is 324 g/mol. The summed E-state index contributed by atoms with van der Waals surface area (Å²) in [7, 11) is 0. The molecular weight excluding hydrogens is 308 g/mol. The summed E-state index contributed by atoms with van der Waals surface area (Å²) in [6.45, 7) is 2.53. The molecule has 96 valence electrons. The molecule has 0 amide bonds. The summed E-state index contributed by atoms with van der Waals surface area (Å²) in [6, 6.07) is 12.7. The van der Waals surface area contributed by atoms with Gasteiger partial charge in [-0.25, -0.2) is 0 Å². The van der Waals surface area contributed by atoms with Gasteiger partial charge in [0.1, 0.15) is 0 Å². The average molecular weight is 325 g/mol. The molecule has 18 heavy (non-hydrogen) atoms. The lowest BCUT2D eigenvalue weighted by Crippen LogP contribution is -2.16. The highest BCUT2D eigenvalue weighted by Gasteiger charge is 1.98. The molecule has 2 aromatic rings. The van der Waals surface area contributed by atoms with Gasteiger partial charge in [-0.2, -0.15) is 0 Å². The van der Waals surface area contributed by atoms with Crippen molar-refractivity contribution in [2.45, 2.75) is 19.5 Å². The molecule has 1 heterocycles. The number of halogens is 1. The van der Waals surface area contributed by atoms with Crippen LogP contribution in [0.2, 0.25) is 0 Å². The molecule has 0 spiro atoms. The zero-order valence-electron chi connectivity index (χ0n) is 10.2. The van der Waals surface area contributed by atoms with Gasteiger partial charge < -0.3 is 11.1 Å². The Hall–Kier alpha value is -0.680. The number of nitrogens with one attached hydrogen (secondary N) is 1. The number of hydrogen-bond acceptors (Lipinski definition) is 3. The van der Waals surface area contributed by atoms with Crippen molar-refractivity contribution < 1.29 is 0 Å². The third-order valence-electron chi connectivity index (χ3n) is 2.76. The molecule has 0 bridgehead atoms. The molecule has 2 nitrogen and oxygen atoms in total. The fourth-order valence-corrected chi connectivity index (χ4v) is 3.21. The Morgan fingerprint density at radius 1 is 1.06 bits per heavy atom. The maximum absolute atomic E-state index is 5.57. The second-order valence-electron chi connectivity index (χ2n) is 4.15. The van der Waals surface area contributed by atoms with Crippen molar-refractivity contribution in [3.05, 3.63) is 56.2 Å². The zero-order chi connectivity index (χ0) is 12.8. The van der Waals surface area contributed by atoms with E-state index in [2.05, 4.69) is 57.6 Å². The molecule has 0 saturated heterocycles. The second kappa shape index (κ2) is 7.04. The van der Waals surface area contributed by atoms with Gasteiger partial charge in [0.05, 0.1) is 3.79 Å². The first-order valence-corrected chi connectivity index (χ1v) is 7.61. The lowest BCUT2D eigenvalue weighted by molar-refractivity contribution is 0.690. The topological polar surface area (TPSA) is 38.0 Å². The number of hydrogen-bond donors (Lipinski definition) is 2. The van der Waals surface area contributed by atoms with E-state index in [1.807, 2.05) is 0 Å². The van der Waals surface area contributed by atoms with Crippen LogP contribution >= 0.6 is 27.3 Å². The minimum Gasteiger partial charge on any atom is -0.326 e. The average Bonchev–Trinajstić information content (AvgIpc) is 2.81. The first-order chi connectivity index (χ1) is 8.78. The molecule has 0 aliphatic carbocycles. The molecule has 4 heteroatoms. The smallest absolute Gasteiger partial charge is 0.0701 e. The SMILES string of the molecule is NCc1ccc(CNCCc2ccc(Br)s2)cc1. The van der Waals surface area contributed by atoms with Crippen LogP contribution in [-0.4, -0.2) is 6.54 Å². The minimum atomic E-state index is 0.612. The first kappa shape index (κ1) is 13.7. The van der Waals surface area contributed by atoms with E-state index in [0.717, 1.165) is 19.5 Å². The predicted octanol–water partition coefficient (Wildman–Crippen LogP) is 3.30. The maximum Gasteiger partial charge on any atom is 0.0701 e. The van der Waals surface area contributed by atoms with Crippen LogP contribution in [0.4, 0.5) is 0 Å². The van der Waals surface area contributed by atoms with Crippen LogP contribution in [0.15, 0.2) is 40.2 Å². The van der Waals surface area contributed by atoms with Crippen molar-refractivity contribution >= 4 is 27.3 Å². The highest BCUT2D eigenvalue weighted by Crippen LogP contribution is 2.22. The third kappa shape index (κ3) is 4.21. The second-order valence-corrected chi connectivity index (χ2v) is 6.70. The van der Waals surface area contributed by atoms with Gasteiger partial charge >= 0.3 is 0 Å². The summed E-state index contributed by atoms with van der Waals surface area (Å²) in [4.78, 5) is 1.41. The Morgan fingerprint density at radius 3 is 2.39 bits per heavy atom. The van der Waals surface area contributed by atoms with Crippen molar-refractivity contribution in [2.24, 2.45) is 5.73 Å². The Morgan fingerprint density at radius 2 is 1.78 bits per heavy atom. The molecule has 3 N–H and O–H groups in total. The van der Waals surface area contributed by atoms with E-state index in [-0.39, 0.29) is 0 Å². The fourth-order valence-electron chi connectivity index (χ4n) is 1.72. The molecule has 0 aliphatic heterocycles. The minimum absolute atomic E-state index is 0.612. The molecule has 0 radical (unpaired) electrons. The van der Waals surface area contributed by atoms with Crippen molar-refractivity contribution in [1.82, 2.24) is 5.32 Å². The van der Waals surface area contributed by atoms with Crippen molar-refractivity contribution in [1.29, 1.82) is 0 Å². The van der Waals surface area contributed by atoms with Crippen molar-refractivity contribution in [2.75, 3.05) is 6.54 Å². The molecule has 0 atom stereocenters. The van der Waals surface area contributed by atoms with Gasteiger partial charge in [-0.15, -0.1) is 11.3 Å². The van der Waals surface area contributed by atoms with Crippen molar-refractivity contribution in [3.63, 3.8) is 0 Å². The molecule has 0 aliphatic rings. The van der Waals surface area contributed by atoms with E-state index in [1.54, 1.807) is 11.3 Å². The van der Waals surface area contributed by atoms with E-state index < -0.39 is 0 Å².